The first-order valence-corrected chi connectivity index (χ1v) is 4.27. The Morgan fingerprint density at radius 2 is 1.82 bits per heavy atom. The van der Waals surface area contributed by atoms with Gasteiger partial charge in [-0.1, -0.05) is 19.8 Å². The maximum atomic E-state index is 9.22. The highest BCUT2D eigenvalue weighted by Gasteiger charge is 2.20. The molecule has 0 saturated carbocycles. The second-order valence-electron chi connectivity index (χ2n) is 2.98. The van der Waals surface area contributed by atoms with Crippen LogP contribution in [0.5, 0.6) is 0 Å². The van der Waals surface area contributed by atoms with Crippen molar-refractivity contribution >= 4 is 0 Å². The van der Waals surface area contributed by atoms with Crippen LogP contribution in [0.2, 0.25) is 0 Å². The Morgan fingerprint density at radius 3 is 2.27 bits per heavy atom. The number of rotatable bonds is 6. The fraction of sp³-hybridized carbons (Fsp3) is 1.00. The van der Waals surface area contributed by atoms with Gasteiger partial charge in [-0.25, -0.2) is 0 Å². The maximum Gasteiger partial charge on any atom is 0.163 e. The van der Waals surface area contributed by atoms with Crippen molar-refractivity contribution in [3.05, 3.63) is 0 Å². The maximum absolute atomic E-state index is 9.22. The van der Waals surface area contributed by atoms with Gasteiger partial charge in [0.05, 0.1) is 0 Å². The summed E-state index contributed by atoms with van der Waals surface area (Å²) in [6, 6.07) is 0. The van der Waals surface area contributed by atoms with E-state index in [1.165, 1.54) is 0 Å². The molecule has 3 nitrogen and oxygen atoms in total. The van der Waals surface area contributed by atoms with E-state index < -0.39 is 5.79 Å². The van der Waals surface area contributed by atoms with Crippen molar-refractivity contribution in [1.82, 2.24) is 0 Å². The first kappa shape index (κ1) is 10.9. The fourth-order valence-corrected chi connectivity index (χ4v) is 1.01. The van der Waals surface area contributed by atoms with Crippen molar-refractivity contribution in [2.45, 2.75) is 44.8 Å². The molecule has 0 bridgehead atoms. The summed E-state index contributed by atoms with van der Waals surface area (Å²) in [6.07, 6.45) is 3.73. The van der Waals surface area contributed by atoms with E-state index in [2.05, 4.69) is 6.92 Å². The molecule has 0 aliphatic rings. The van der Waals surface area contributed by atoms with Crippen LogP contribution in [0.1, 0.15) is 39.0 Å². The molecular formula is C8H19NO2. The van der Waals surface area contributed by atoms with Crippen LogP contribution >= 0.6 is 0 Å². The molecule has 11 heavy (non-hydrogen) atoms. The van der Waals surface area contributed by atoms with E-state index in [0.717, 1.165) is 19.3 Å². The Balaban J connectivity index is 3.38. The van der Waals surface area contributed by atoms with Gasteiger partial charge in [0.15, 0.2) is 5.79 Å². The van der Waals surface area contributed by atoms with E-state index in [1.54, 1.807) is 0 Å². The van der Waals surface area contributed by atoms with E-state index in [1.807, 2.05) is 0 Å². The normalized spacial score (nSPS) is 12.0. The van der Waals surface area contributed by atoms with Crippen LogP contribution in [0.4, 0.5) is 0 Å². The van der Waals surface area contributed by atoms with Crippen LogP contribution in [0, 0.1) is 0 Å². The summed E-state index contributed by atoms with van der Waals surface area (Å²) < 4.78 is 0. The van der Waals surface area contributed by atoms with Gasteiger partial charge in [-0.05, 0) is 13.0 Å². The first-order valence-electron chi connectivity index (χ1n) is 4.27. The summed E-state index contributed by atoms with van der Waals surface area (Å²) in [5.74, 6) is -1.52. The third-order valence-corrected chi connectivity index (χ3v) is 1.73. The van der Waals surface area contributed by atoms with Crippen LogP contribution in [0.15, 0.2) is 0 Å². The number of unbranched alkanes of at least 4 members (excludes halogenated alkanes) is 2. The van der Waals surface area contributed by atoms with Crippen LogP contribution in [-0.2, 0) is 0 Å². The number of nitrogens with two attached hydrogens (primary N) is 1. The molecule has 0 atom stereocenters. The molecule has 0 radical (unpaired) electrons. The predicted molar refractivity (Wildman–Crippen MR) is 45.0 cm³/mol. The van der Waals surface area contributed by atoms with Crippen molar-refractivity contribution in [2.24, 2.45) is 5.73 Å². The zero-order valence-electron chi connectivity index (χ0n) is 7.21. The third kappa shape index (κ3) is 6.28. The Hall–Kier alpha value is -0.120. The van der Waals surface area contributed by atoms with Gasteiger partial charge in [0.2, 0.25) is 0 Å². The van der Waals surface area contributed by atoms with E-state index in [0.29, 0.717) is 13.0 Å². The molecule has 0 amide bonds. The van der Waals surface area contributed by atoms with Crippen molar-refractivity contribution in [1.29, 1.82) is 0 Å². The van der Waals surface area contributed by atoms with E-state index >= 15 is 0 Å². The van der Waals surface area contributed by atoms with Gasteiger partial charge >= 0.3 is 0 Å². The monoisotopic (exact) mass is 161 g/mol. The SMILES string of the molecule is CCCCCC(O)(O)CCN. The van der Waals surface area contributed by atoms with Crippen molar-refractivity contribution in [3.8, 4) is 0 Å². The minimum absolute atomic E-state index is 0.275. The summed E-state index contributed by atoms with van der Waals surface area (Å²) >= 11 is 0. The van der Waals surface area contributed by atoms with Crippen LogP contribution in [0.3, 0.4) is 0 Å². The van der Waals surface area contributed by atoms with Crippen molar-refractivity contribution in [2.75, 3.05) is 6.54 Å². The molecule has 0 aromatic carbocycles. The van der Waals surface area contributed by atoms with E-state index in [4.69, 9.17) is 5.73 Å². The standard InChI is InChI=1S/C8H19NO2/c1-2-3-4-5-8(10,11)6-7-9/h10-11H,2-7,9H2,1H3. The average molecular weight is 161 g/mol. The second-order valence-corrected chi connectivity index (χ2v) is 2.98. The number of hydrogen-bond donors (Lipinski definition) is 3. The van der Waals surface area contributed by atoms with Gasteiger partial charge in [0, 0.05) is 12.8 Å². The minimum Gasteiger partial charge on any atom is -0.366 e. The number of aliphatic hydroxyl groups is 2. The molecule has 0 saturated heterocycles. The van der Waals surface area contributed by atoms with Gasteiger partial charge in [-0.3, -0.25) is 0 Å². The smallest absolute Gasteiger partial charge is 0.163 e. The molecule has 0 aliphatic heterocycles. The molecule has 0 aromatic heterocycles. The van der Waals surface area contributed by atoms with Gasteiger partial charge in [-0.2, -0.15) is 0 Å². The summed E-state index contributed by atoms with van der Waals surface area (Å²) in [7, 11) is 0. The van der Waals surface area contributed by atoms with Crippen LogP contribution in [0.25, 0.3) is 0 Å². The third-order valence-electron chi connectivity index (χ3n) is 1.73. The quantitative estimate of drug-likeness (QED) is 0.394. The molecule has 0 unspecified atom stereocenters. The van der Waals surface area contributed by atoms with E-state index in [-0.39, 0.29) is 6.42 Å². The minimum atomic E-state index is -1.52. The van der Waals surface area contributed by atoms with Crippen LogP contribution in [-0.4, -0.2) is 22.5 Å². The van der Waals surface area contributed by atoms with Gasteiger partial charge < -0.3 is 15.9 Å². The summed E-state index contributed by atoms with van der Waals surface area (Å²) in [5.41, 5.74) is 5.20. The molecule has 0 fully saturated rings. The lowest BCUT2D eigenvalue weighted by atomic mass is 10.1. The predicted octanol–water partition coefficient (Wildman–Crippen LogP) is 0.596. The summed E-state index contributed by atoms with van der Waals surface area (Å²) in [4.78, 5) is 0. The molecule has 0 aromatic rings. The zero-order valence-corrected chi connectivity index (χ0v) is 7.21. The lowest BCUT2D eigenvalue weighted by Crippen LogP contribution is -2.30. The molecule has 0 rings (SSSR count). The molecule has 0 heterocycles. The molecular weight excluding hydrogens is 142 g/mol. The van der Waals surface area contributed by atoms with Gasteiger partial charge in [0.1, 0.15) is 0 Å². The zero-order chi connectivity index (χ0) is 8.74. The molecule has 4 N–H and O–H groups in total. The highest BCUT2D eigenvalue weighted by molar-refractivity contribution is 4.64. The summed E-state index contributed by atoms with van der Waals surface area (Å²) in [6.45, 7) is 2.42. The topological polar surface area (TPSA) is 66.5 Å². The van der Waals surface area contributed by atoms with Gasteiger partial charge in [0.25, 0.3) is 0 Å². The Bertz CT molecular complexity index is 94.1. The lowest BCUT2D eigenvalue weighted by molar-refractivity contribution is -0.169. The summed E-state index contributed by atoms with van der Waals surface area (Å²) in [5, 5.41) is 18.4. The molecule has 0 aliphatic carbocycles. The average Bonchev–Trinajstić information content (AvgIpc) is 1.87. The Morgan fingerprint density at radius 1 is 1.18 bits per heavy atom. The Labute approximate surface area is 68.2 Å². The van der Waals surface area contributed by atoms with Gasteiger partial charge in [-0.15, -0.1) is 0 Å². The van der Waals surface area contributed by atoms with Crippen LogP contribution < -0.4 is 5.73 Å². The van der Waals surface area contributed by atoms with E-state index in [9.17, 15) is 10.2 Å². The molecule has 68 valence electrons. The first-order chi connectivity index (χ1) is 5.12. The number of hydrogen-bond acceptors (Lipinski definition) is 3. The second kappa shape index (κ2) is 5.52. The highest BCUT2D eigenvalue weighted by Crippen LogP contribution is 2.14. The Kier molecular flexibility index (Phi) is 5.46. The highest BCUT2D eigenvalue weighted by atomic mass is 16.5. The lowest BCUT2D eigenvalue weighted by Gasteiger charge is -2.20. The van der Waals surface area contributed by atoms with Crippen molar-refractivity contribution < 1.29 is 10.2 Å². The molecule has 3 heteroatoms. The van der Waals surface area contributed by atoms with Crippen molar-refractivity contribution in [3.63, 3.8) is 0 Å². The largest absolute Gasteiger partial charge is 0.366 e. The molecule has 0 spiro atoms. The fourth-order valence-electron chi connectivity index (χ4n) is 1.01.